The summed E-state index contributed by atoms with van der Waals surface area (Å²) in [4.78, 5) is 16.3. The zero-order valence-electron chi connectivity index (χ0n) is 11.3. The fourth-order valence-electron chi connectivity index (χ4n) is 2.98. The molecule has 1 aromatic heterocycles. The van der Waals surface area contributed by atoms with Crippen molar-refractivity contribution in [2.24, 2.45) is 5.92 Å². The minimum absolute atomic E-state index is 0.242. The monoisotopic (exact) mass is 280 g/mol. The Hall–Kier alpha value is -1.17. The minimum atomic E-state index is 0.242. The van der Waals surface area contributed by atoms with E-state index < -0.39 is 0 Å². The van der Waals surface area contributed by atoms with Crippen molar-refractivity contribution in [3.8, 4) is 0 Å². The molecule has 0 radical (unpaired) electrons. The van der Waals surface area contributed by atoms with E-state index in [4.69, 9.17) is 0 Å². The van der Waals surface area contributed by atoms with Gasteiger partial charge in [-0.2, -0.15) is 0 Å². The van der Waals surface area contributed by atoms with Crippen LogP contribution in [-0.4, -0.2) is 47.2 Å². The number of aryl methyl sites for hydroxylation is 1. The Balaban J connectivity index is 1.57. The molecular weight excluding hydrogens is 260 g/mol. The number of hydrogen-bond acceptors (Lipinski definition) is 5. The number of nitrogens with zero attached hydrogens (tertiary/aromatic N) is 4. The van der Waals surface area contributed by atoms with Gasteiger partial charge in [-0.3, -0.25) is 4.79 Å². The number of aromatic nitrogens is 2. The van der Waals surface area contributed by atoms with Crippen molar-refractivity contribution in [2.75, 3.05) is 31.1 Å². The van der Waals surface area contributed by atoms with Crippen LogP contribution < -0.4 is 4.90 Å². The lowest BCUT2D eigenvalue weighted by Crippen LogP contribution is -2.51. The summed E-state index contributed by atoms with van der Waals surface area (Å²) in [6, 6.07) is 0. The van der Waals surface area contributed by atoms with Crippen LogP contribution in [0.3, 0.4) is 0 Å². The van der Waals surface area contributed by atoms with Crippen molar-refractivity contribution in [3.63, 3.8) is 0 Å². The molecule has 5 nitrogen and oxygen atoms in total. The smallest absolute Gasteiger partial charge is 0.242 e. The van der Waals surface area contributed by atoms with Gasteiger partial charge in [0.1, 0.15) is 5.01 Å². The van der Waals surface area contributed by atoms with Gasteiger partial charge < -0.3 is 9.80 Å². The highest BCUT2D eigenvalue weighted by atomic mass is 32.1. The van der Waals surface area contributed by atoms with Crippen molar-refractivity contribution in [1.29, 1.82) is 0 Å². The van der Waals surface area contributed by atoms with E-state index in [1.54, 1.807) is 11.3 Å². The van der Waals surface area contributed by atoms with Crippen molar-refractivity contribution in [3.05, 3.63) is 5.01 Å². The van der Waals surface area contributed by atoms with Crippen LogP contribution in [0.2, 0.25) is 0 Å². The van der Waals surface area contributed by atoms with Gasteiger partial charge in [0, 0.05) is 19.6 Å². The highest BCUT2D eigenvalue weighted by molar-refractivity contribution is 7.15. The molecule has 104 valence electrons. The van der Waals surface area contributed by atoms with Crippen LogP contribution in [0.15, 0.2) is 0 Å². The third kappa shape index (κ3) is 2.88. The van der Waals surface area contributed by atoms with Crippen molar-refractivity contribution < 1.29 is 4.79 Å². The number of rotatable bonds is 3. The Morgan fingerprint density at radius 1 is 1.26 bits per heavy atom. The van der Waals surface area contributed by atoms with Crippen LogP contribution in [0.1, 0.15) is 30.7 Å². The molecule has 0 atom stereocenters. The topological polar surface area (TPSA) is 49.3 Å². The van der Waals surface area contributed by atoms with Crippen molar-refractivity contribution >= 4 is 22.4 Å². The van der Waals surface area contributed by atoms with E-state index in [0.29, 0.717) is 6.54 Å². The highest BCUT2D eigenvalue weighted by Crippen LogP contribution is 2.27. The second-order valence-corrected chi connectivity index (χ2v) is 6.68. The van der Waals surface area contributed by atoms with Crippen LogP contribution >= 0.6 is 11.3 Å². The maximum Gasteiger partial charge on any atom is 0.242 e. The summed E-state index contributed by atoms with van der Waals surface area (Å²) in [5.74, 6) is 0.977. The number of hydrogen-bond donors (Lipinski definition) is 0. The molecule has 2 fully saturated rings. The minimum Gasteiger partial charge on any atom is -0.339 e. The maximum atomic E-state index is 12.2. The number of carbonyl (C=O) groups excluding carboxylic acids is 1. The average Bonchev–Trinajstić information content (AvgIpc) is 3.03. The molecule has 1 aromatic rings. The van der Waals surface area contributed by atoms with Gasteiger partial charge >= 0.3 is 0 Å². The first-order valence-corrected chi connectivity index (χ1v) is 7.87. The Labute approximate surface area is 117 Å². The normalized spacial score (nSPS) is 21.4. The fourth-order valence-corrected chi connectivity index (χ4v) is 3.70. The summed E-state index contributed by atoms with van der Waals surface area (Å²) >= 11 is 1.56. The van der Waals surface area contributed by atoms with E-state index in [2.05, 4.69) is 15.1 Å². The fraction of sp³-hybridized carbons (Fsp3) is 0.769. The first kappa shape index (κ1) is 12.8. The van der Waals surface area contributed by atoms with Crippen molar-refractivity contribution in [1.82, 2.24) is 15.1 Å². The lowest BCUT2D eigenvalue weighted by molar-refractivity contribution is -0.131. The molecular formula is C13H20N4OS. The second kappa shape index (κ2) is 5.45. The Morgan fingerprint density at radius 2 is 2.05 bits per heavy atom. The Bertz CT molecular complexity index is 455. The molecule has 2 aliphatic rings. The number of piperazine rings is 1. The molecule has 1 amide bonds. The molecule has 3 rings (SSSR count). The van der Waals surface area contributed by atoms with Crippen molar-refractivity contribution in [2.45, 2.75) is 32.6 Å². The zero-order chi connectivity index (χ0) is 13.2. The molecule has 0 bridgehead atoms. The summed E-state index contributed by atoms with van der Waals surface area (Å²) in [7, 11) is 0. The zero-order valence-corrected chi connectivity index (χ0v) is 12.2. The average molecular weight is 280 g/mol. The second-order valence-electron chi connectivity index (χ2n) is 5.52. The Kier molecular flexibility index (Phi) is 3.68. The molecule has 6 heteroatoms. The Morgan fingerprint density at radius 3 is 2.68 bits per heavy atom. The molecule has 1 aliphatic heterocycles. The van der Waals surface area contributed by atoms with Gasteiger partial charge in [-0.05, 0) is 25.7 Å². The molecule has 0 N–H and O–H groups in total. The summed E-state index contributed by atoms with van der Waals surface area (Å²) < 4.78 is 0. The number of amides is 1. The summed E-state index contributed by atoms with van der Waals surface area (Å²) in [5.41, 5.74) is 0. The van der Waals surface area contributed by atoms with Gasteiger partial charge in [0.25, 0.3) is 0 Å². The maximum absolute atomic E-state index is 12.2. The van der Waals surface area contributed by atoms with Crippen LogP contribution in [0.4, 0.5) is 5.13 Å². The number of anilines is 1. The van der Waals surface area contributed by atoms with Gasteiger partial charge in [-0.1, -0.05) is 24.2 Å². The largest absolute Gasteiger partial charge is 0.339 e. The SMILES string of the molecule is Cc1nnc(N2CCN(CC3CCCC3)C(=O)C2)s1. The predicted octanol–water partition coefficient (Wildman–Crippen LogP) is 1.69. The first-order chi connectivity index (χ1) is 9.22. The molecule has 1 saturated heterocycles. The van der Waals surface area contributed by atoms with Gasteiger partial charge in [0.2, 0.25) is 11.0 Å². The van der Waals surface area contributed by atoms with Crippen LogP contribution in [-0.2, 0) is 4.79 Å². The van der Waals surface area contributed by atoms with Gasteiger partial charge in [-0.15, -0.1) is 10.2 Å². The summed E-state index contributed by atoms with van der Waals surface area (Å²) in [6.07, 6.45) is 5.26. The molecule has 1 aliphatic carbocycles. The summed E-state index contributed by atoms with van der Waals surface area (Å²) in [5, 5.41) is 9.98. The number of carbonyl (C=O) groups is 1. The van der Waals surface area contributed by atoms with E-state index in [1.165, 1.54) is 25.7 Å². The van der Waals surface area contributed by atoms with Gasteiger partial charge in [-0.25, -0.2) is 0 Å². The van der Waals surface area contributed by atoms with E-state index in [9.17, 15) is 4.79 Å². The summed E-state index contributed by atoms with van der Waals surface area (Å²) in [6.45, 7) is 5.07. The van der Waals surface area contributed by atoms with E-state index >= 15 is 0 Å². The quantitative estimate of drug-likeness (QED) is 0.845. The predicted molar refractivity (Wildman–Crippen MR) is 75.4 cm³/mol. The van der Waals surface area contributed by atoms with Gasteiger partial charge in [0.05, 0.1) is 6.54 Å². The van der Waals surface area contributed by atoms with Crippen LogP contribution in [0.5, 0.6) is 0 Å². The van der Waals surface area contributed by atoms with E-state index in [1.807, 2.05) is 11.8 Å². The molecule has 2 heterocycles. The van der Waals surface area contributed by atoms with E-state index in [0.717, 1.165) is 35.7 Å². The standard InChI is InChI=1S/C13H20N4OS/c1-10-14-15-13(19-10)17-7-6-16(12(18)9-17)8-11-4-2-3-5-11/h11H,2-9H2,1H3. The highest BCUT2D eigenvalue weighted by Gasteiger charge is 2.28. The van der Waals surface area contributed by atoms with Crippen LogP contribution in [0.25, 0.3) is 0 Å². The molecule has 0 aromatic carbocycles. The third-order valence-corrected chi connectivity index (χ3v) is 4.96. The lowest BCUT2D eigenvalue weighted by atomic mass is 10.1. The molecule has 19 heavy (non-hydrogen) atoms. The van der Waals surface area contributed by atoms with Gasteiger partial charge in [0.15, 0.2) is 0 Å². The molecule has 0 unspecified atom stereocenters. The van der Waals surface area contributed by atoms with Crippen LogP contribution in [0, 0.1) is 12.8 Å². The first-order valence-electron chi connectivity index (χ1n) is 7.05. The third-order valence-electron chi connectivity index (χ3n) is 4.06. The molecule has 1 saturated carbocycles. The lowest BCUT2D eigenvalue weighted by Gasteiger charge is -2.35. The molecule has 0 spiro atoms. The van der Waals surface area contributed by atoms with E-state index in [-0.39, 0.29) is 5.91 Å².